The molecule has 182 valence electrons. The summed E-state index contributed by atoms with van der Waals surface area (Å²) in [5, 5.41) is 22.7. The number of carbonyl (C=O) groups is 2. The first-order valence-corrected chi connectivity index (χ1v) is 11.8. The van der Waals surface area contributed by atoms with Gasteiger partial charge in [-0.2, -0.15) is 5.26 Å². The maximum atomic E-state index is 12.9. The van der Waals surface area contributed by atoms with Crippen molar-refractivity contribution in [3.63, 3.8) is 0 Å². The summed E-state index contributed by atoms with van der Waals surface area (Å²) < 4.78 is 10.9. The van der Waals surface area contributed by atoms with Crippen LogP contribution in [0.5, 0.6) is 5.75 Å². The van der Waals surface area contributed by atoms with E-state index in [9.17, 15) is 20.0 Å². The van der Waals surface area contributed by atoms with Crippen LogP contribution in [0.15, 0.2) is 42.5 Å². The number of hydrogen-bond acceptors (Lipinski definition) is 7. The first-order valence-electron chi connectivity index (χ1n) is 11.0. The van der Waals surface area contributed by atoms with Gasteiger partial charge in [0.2, 0.25) is 0 Å². The maximum absolute atomic E-state index is 12.9. The van der Waals surface area contributed by atoms with E-state index in [2.05, 4.69) is 16.4 Å². The molecule has 0 aliphatic heterocycles. The molecule has 0 spiro atoms. The molecule has 1 heterocycles. The standard InChI is InChI=1S/C26H27N3O5S/c1-15(2)34-21(26(31)32)12-17-10-19(13-27)23(33-4)20(11-17)14-28-24(30)22-16(3)35-25(29-22)18-8-6-5-7-9-18/h5-11,15,21H,12,14H2,1-4H3,(H,28,30)(H,31,32). The van der Waals surface area contributed by atoms with Crippen LogP contribution in [0.4, 0.5) is 0 Å². The molecule has 2 aromatic carbocycles. The summed E-state index contributed by atoms with van der Waals surface area (Å²) in [6.07, 6.45) is -1.27. The second-order valence-electron chi connectivity index (χ2n) is 8.14. The van der Waals surface area contributed by atoms with E-state index in [4.69, 9.17) is 9.47 Å². The summed E-state index contributed by atoms with van der Waals surface area (Å²) in [7, 11) is 1.44. The van der Waals surface area contributed by atoms with Crippen molar-refractivity contribution in [2.45, 2.75) is 45.9 Å². The number of aromatic nitrogens is 1. The number of nitriles is 1. The number of aliphatic carboxylic acids is 1. The number of methoxy groups -OCH3 is 1. The molecule has 0 aliphatic rings. The van der Waals surface area contributed by atoms with E-state index in [1.54, 1.807) is 26.0 Å². The zero-order valence-electron chi connectivity index (χ0n) is 20.0. The Labute approximate surface area is 208 Å². The van der Waals surface area contributed by atoms with Gasteiger partial charge in [-0.25, -0.2) is 9.78 Å². The van der Waals surface area contributed by atoms with E-state index in [1.807, 2.05) is 37.3 Å². The van der Waals surface area contributed by atoms with Gasteiger partial charge in [0.15, 0.2) is 6.10 Å². The van der Waals surface area contributed by atoms with Gasteiger partial charge in [-0.1, -0.05) is 36.4 Å². The zero-order valence-corrected chi connectivity index (χ0v) is 20.8. The third-order valence-corrected chi connectivity index (χ3v) is 6.17. The van der Waals surface area contributed by atoms with Crippen LogP contribution in [0, 0.1) is 18.3 Å². The summed E-state index contributed by atoms with van der Waals surface area (Å²) in [6, 6.07) is 15.0. The van der Waals surface area contributed by atoms with Crippen molar-refractivity contribution < 1.29 is 24.2 Å². The predicted molar refractivity (Wildman–Crippen MR) is 133 cm³/mol. The van der Waals surface area contributed by atoms with Crippen LogP contribution in [-0.2, 0) is 22.5 Å². The van der Waals surface area contributed by atoms with Crippen LogP contribution >= 0.6 is 11.3 Å². The molecule has 0 fully saturated rings. The van der Waals surface area contributed by atoms with Crippen LogP contribution < -0.4 is 10.1 Å². The highest BCUT2D eigenvalue weighted by Crippen LogP contribution is 2.29. The summed E-state index contributed by atoms with van der Waals surface area (Å²) >= 11 is 1.44. The Morgan fingerprint density at radius 3 is 2.54 bits per heavy atom. The Kier molecular flexibility index (Phi) is 8.58. The Bertz CT molecular complexity index is 1250. The Morgan fingerprint density at radius 2 is 1.94 bits per heavy atom. The van der Waals surface area contributed by atoms with Crippen molar-refractivity contribution in [3.8, 4) is 22.4 Å². The van der Waals surface area contributed by atoms with Crippen LogP contribution in [-0.4, -0.2) is 41.3 Å². The number of carboxylic acids is 1. The zero-order chi connectivity index (χ0) is 25.5. The van der Waals surface area contributed by atoms with Gasteiger partial charge >= 0.3 is 5.97 Å². The van der Waals surface area contributed by atoms with E-state index >= 15 is 0 Å². The molecule has 0 aliphatic carbocycles. The molecule has 0 bridgehead atoms. The van der Waals surface area contributed by atoms with Crippen molar-refractivity contribution >= 4 is 23.2 Å². The Hall–Kier alpha value is -3.74. The third-order valence-electron chi connectivity index (χ3n) is 5.15. The quantitative estimate of drug-likeness (QED) is 0.431. The number of nitrogens with zero attached hydrogens (tertiary/aromatic N) is 2. The summed E-state index contributed by atoms with van der Waals surface area (Å²) in [5.41, 5.74) is 2.67. The number of nitrogens with one attached hydrogen (secondary N) is 1. The van der Waals surface area contributed by atoms with Gasteiger partial charge in [-0.3, -0.25) is 4.79 Å². The van der Waals surface area contributed by atoms with Crippen LogP contribution in [0.1, 0.15) is 45.9 Å². The smallest absolute Gasteiger partial charge is 0.333 e. The van der Waals surface area contributed by atoms with Gasteiger partial charge in [-0.05, 0) is 32.4 Å². The lowest BCUT2D eigenvalue weighted by molar-refractivity contribution is -0.153. The second-order valence-corrected chi connectivity index (χ2v) is 9.34. The highest BCUT2D eigenvalue weighted by Gasteiger charge is 2.23. The molecule has 1 amide bonds. The highest BCUT2D eigenvalue weighted by molar-refractivity contribution is 7.15. The number of hydrogen-bond donors (Lipinski definition) is 2. The molecule has 2 N–H and O–H groups in total. The number of thiazole rings is 1. The molecular weight excluding hydrogens is 466 g/mol. The van der Waals surface area contributed by atoms with Crippen LogP contribution in [0.25, 0.3) is 10.6 Å². The van der Waals surface area contributed by atoms with Gasteiger partial charge in [0.05, 0.1) is 18.8 Å². The van der Waals surface area contributed by atoms with Gasteiger partial charge in [0.1, 0.15) is 22.5 Å². The van der Waals surface area contributed by atoms with E-state index in [-0.39, 0.29) is 30.5 Å². The summed E-state index contributed by atoms with van der Waals surface area (Å²) in [4.78, 5) is 29.9. The van der Waals surface area contributed by atoms with E-state index in [1.165, 1.54) is 18.4 Å². The molecule has 1 unspecified atom stereocenters. The minimum absolute atomic E-state index is 0.0682. The fraction of sp³-hybridized carbons (Fsp3) is 0.308. The first kappa shape index (κ1) is 25.9. The number of benzene rings is 2. The molecule has 35 heavy (non-hydrogen) atoms. The van der Waals surface area contributed by atoms with Crippen molar-refractivity contribution in [2.24, 2.45) is 0 Å². The predicted octanol–water partition coefficient (Wildman–Crippen LogP) is 4.35. The van der Waals surface area contributed by atoms with E-state index in [0.717, 1.165) is 15.4 Å². The van der Waals surface area contributed by atoms with Crippen LogP contribution in [0.2, 0.25) is 0 Å². The minimum atomic E-state index is -1.09. The lowest BCUT2D eigenvalue weighted by atomic mass is 10.00. The number of amides is 1. The largest absolute Gasteiger partial charge is 0.495 e. The monoisotopic (exact) mass is 493 g/mol. The SMILES string of the molecule is COc1c(C#N)cc(CC(OC(C)C)C(=O)O)cc1CNC(=O)c1nc(-c2ccccc2)sc1C. The molecule has 9 heteroatoms. The van der Waals surface area contributed by atoms with Gasteiger partial charge in [0.25, 0.3) is 5.91 Å². The third kappa shape index (κ3) is 6.44. The lowest BCUT2D eigenvalue weighted by Gasteiger charge is -2.18. The van der Waals surface area contributed by atoms with Crippen molar-refractivity contribution in [3.05, 3.63) is 69.7 Å². The average molecular weight is 494 g/mol. The molecule has 0 saturated heterocycles. The van der Waals surface area contributed by atoms with Crippen molar-refractivity contribution in [1.82, 2.24) is 10.3 Å². The van der Waals surface area contributed by atoms with Crippen LogP contribution in [0.3, 0.4) is 0 Å². The number of carboxylic acid groups (broad SMARTS) is 1. The van der Waals surface area contributed by atoms with Gasteiger partial charge < -0.3 is 19.9 Å². The van der Waals surface area contributed by atoms with Gasteiger partial charge in [0, 0.05) is 29.0 Å². The maximum Gasteiger partial charge on any atom is 0.333 e. The molecule has 1 aromatic heterocycles. The van der Waals surface area contributed by atoms with Crippen molar-refractivity contribution in [2.75, 3.05) is 7.11 Å². The molecule has 3 aromatic rings. The summed E-state index contributed by atoms with van der Waals surface area (Å²) in [5.74, 6) is -1.11. The summed E-state index contributed by atoms with van der Waals surface area (Å²) in [6.45, 7) is 5.43. The molecule has 0 saturated carbocycles. The first-order chi connectivity index (χ1) is 16.7. The Balaban J connectivity index is 1.83. The molecular formula is C26H27N3O5S. The Morgan fingerprint density at radius 1 is 1.23 bits per heavy atom. The normalized spacial score (nSPS) is 11.7. The molecule has 0 radical (unpaired) electrons. The lowest BCUT2D eigenvalue weighted by Crippen LogP contribution is -2.29. The molecule has 1 atom stereocenters. The van der Waals surface area contributed by atoms with E-state index < -0.39 is 12.1 Å². The van der Waals surface area contributed by atoms with Gasteiger partial charge in [-0.15, -0.1) is 11.3 Å². The van der Waals surface area contributed by atoms with E-state index in [0.29, 0.717) is 22.6 Å². The number of aryl methyl sites for hydroxylation is 1. The number of rotatable bonds is 10. The average Bonchev–Trinajstić information content (AvgIpc) is 3.23. The number of ether oxygens (including phenoxy) is 2. The number of carbonyl (C=O) groups excluding carboxylic acids is 1. The topological polar surface area (TPSA) is 122 Å². The molecule has 3 rings (SSSR count). The van der Waals surface area contributed by atoms with Crippen molar-refractivity contribution in [1.29, 1.82) is 5.26 Å². The minimum Gasteiger partial charge on any atom is -0.495 e. The fourth-order valence-electron chi connectivity index (χ4n) is 3.63. The highest BCUT2D eigenvalue weighted by atomic mass is 32.1. The second kappa shape index (κ2) is 11.6. The fourth-order valence-corrected chi connectivity index (χ4v) is 4.55. The molecule has 8 nitrogen and oxygen atoms in total.